The van der Waals surface area contributed by atoms with Crippen molar-refractivity contribution in [3.63, 3.8) is 0 Å². The molecule has 5 nitrogen and oxygen atoms in total. The summed E-state index contributed by atoms with van der Waals surface area (Å²) in [4.78, 5) is 12.6. The summed E-state index contributed by atoms with van der Waals surface area (Å²) < 4.78 is 4.97. The molecule has 1 aromatic rings. The number of nitrogens with zero attached hydrogens (tertiary/aromatic N) is 3. The summed E-state index contributed by atoms with van der Waals surface area (Å²) in [5.41, 5.74) is 1.88. The molecular weight excluding hydrogens is 192 g/mol. The first-order chi connectivity index (χ1) is 7.42. The van der Waals surface area contributed by atoms with Crippen molar-refractivity contribution >= 4 is 17.7 Å². The number of ether oxygens (including phenoxy) is 1. The lowest BCUT2D eigenvalue weighted by atomic mass is 10.3. The molecule has 80 valence electrons. The number of nitrogens with one attached hydrogen (secondary N) is 1. The number of hydrogen-bond acceptors (Lipinski definition) is 5. The van der Waals surface area contributed by atoms with Gasteiger partial charge in [0.1, 0.15) is 12.0 Å². The molecule has 0 bridgehead atoms. The van der Waals surface area contributed by atoms with Gasteiger partial charge in [-0.05, 0) is 6.42 Å². The summed E-state index contributed by atoms with van der Waals surface area (Å²) in [7, 11) is 1.70. The number of rotatable bonds is 5. The predicted molar refractivity (Wildman–Crippen MR) is 58.9 cm³/mol. The number of aromatic nitrogens is 2. The number of methoxy groups -OCH3 is 1. The van der Waals surface area contributed by atoms with Crippen LogP contribution in [0.25, 0.3) is 0 Å². The number of hydrogen-bond donors (Lipinski definition) is 1. The second-order valence-electron chi connectivity index (χ2n) is 3.31. The Morgan fingerprint density at radius 1 is 1.47 bits per heavy atom. The second kappa shape index (κ2) is 4.84. The van der Waals surface area contributed by atoms with E-state index in [4.69, 9.17) is 4.74 Å². The summed E-state index contributed by atoms with van der Waals surface area (Å²) >= 11 is 0. The fourth-order valence-electron chi connectivity index (χ4n) is 1.48. The average Bonchev–Trinajstić information content (AvgIpc) is 2.73. The highest BCUT2D eigenvalue weighted by Crippen LogP contribution is 2.28. The Morgan fingerprint density at radius 2 is 2.40 bits per heavy atom. The van der Waals surface area contributed by atoms with E-state index in [0.29, 0.717) is 0 Å². The normalized spacial score (nSPS) is 12.9. The minimum atomic E-state index is 0.754. The van der Waals surface area contributed by atoms with Crippen LogP contribution in [-0.2, 0) is 11.2 Å². The Kier molecular flexibility index (Phi) is 3.24. The third-order valence-electron chi connectivity index (χ3n) is 2.22. The summed E-state index contributed by atoms with van der Waals surface area (Å²) in [6, 6.07) is 0. The fourth-order valence-corrected chi connectivity index (χ4v) is 1.48. The SMILES string of the molecule is COCCCNc1ncnc2c1N=CC2. The molecule has 0 radical (unpaired) electrons. The van der Waals surface area contributed by atoms with Crippen LogP contribution in [0.3, 0.4) is 0 Å². The van der Waals surface area contributed by atoms with Crippen molar-refractivity contribution < 1.29 is 4.74 Å². The molecule has 0 unspecified atom stereocenters. The average molecular weight is 206 g/mol. The minimum Gasteiger partial charge on any atom is -0.385 e. The lowest BCUT2D eigenvalue weighted by molar-refractivity contribution is 0.198. The maximum absolute atomic E-state index is 4.97. The van der Waals surface area contributed by atoms with Crippen molar-refractivity contribution in [3.8, 4) is 0 Å². The van der Waals surface area contributed by atoms with Gasteiger partial charge < -0.3 is 10.1 Å². The zero-order valence-electron chi connectivity index (χ0n) is 8.73. The van der Waals surface area contributed by atoms with Crippen LogP contribution in [0.4, 0.5) is 11.5 Å². The van der Waals surface area contributed by atoms with Crippen molar-refractivity contribution in [2.24, 2.45) is 4.99 Å². The maximum atomic E-state index is 4.97. The molecule has 0 aromatic carbocycles. The molecule has 0 aliphatic carbocycles. The first-order valence-corrected chi connectivity index (χ1v) is 5.01. The molecule has 0 fully saturated rings. The lowest BCUT2D eigenvalue weighted by Gasteiger charge is -2.07. The number of anilines is 1. The first kappa shape index (κ1) is 10.0. The Balaban J connectivity index is 1.97. The third kappa shape index (κ3) is 2.30. The highest BCUT2D eigenvalue weighted by atomic mass is 16.5. The molecule has 2 heterocycles. The van der Waals surface area contributed by atoms with Crippen molar-refractivity contribution in [1.29, 1.82) is 0 Å². The van der Waals surface area contributed by atoms with Crippen molar-refractivity contribution in [3.05, 3.63) is 12.0 Å². The van der Waals surface area contributed by atoms with Crippen LogP contribution >= 0.6 is 0 Å². The molecule has 0 saturated carbocycles. The first-order valence-electron chi connectivity index (χ1n) is 5.01. The van der Waals surface area contributed by atoms with Gasteiger partial charge in [0.25, 0.3) is 0 Å². The van der Waals surface area contributed by atoms with E-state index in [-0.39, 0.29) is 0 Å². The summed E-state index contributed by atoms with van der Waals surface area (Å²) in [5, 5.41) is 3.23. The van der Waals surface area contributed by atoms with E-state index in [9.17, 15) is 0 Å². The molecule has 0 saturated heterocycles. The largest absolute Gasteiger partial charge is 0.385 e. The molecule has 1 aliphatic heterocycles. The Bertz CT molecular complexity index is 364. The molecule has 1 N–H and O–H groups in total. The van der Waals surface area contributed by atoms with Crippen LogP contribution in [0.2, 0.25) is 0 Å². The highest BCUT2D eigenvalue weighted by Gasteiger charge is 2.12. The molecule has 15 heavy (non-hydrogen) atoms. The molecule has 0 atom stereocenters. The second-order valence-corrected chi connectivity index (χ2v) is 3.31. The van der Waals surface area contributed by atoms with Crippen LogP contribution in [0.1, 0.15) is 12.1 Å². The van der Waals surface area contributed by atoms with Gasteiger partial charge in [-0.15, -0.1) is 0 Å². The summed E-state index contributed by atoms with van der Waals surface area (Å²) in [6.07, 6.45) is 5.20. The Hall–Kier alpha value is -1.49. The number of aliphatic imine (C=N–C) groups is 1. The van der Waals surface area contributed by atoms with Gasteiger partial charge in [-0.1, -0.05) is 0 Å². The molecule has 2 rings (SSSR count). The maximum Gasteiger partial charge on any atom is 0.155 e. The van der Waals surface area contributed by atoms with Gasteiger partial charge in [-0.2, -0.15) is 0 Å². The monoisotopic (exact) mass is 206 g/mol. The van der Waals surface area contributed by atoms with Gasteiger partial charge >= 0.3 is 0 Å². The standard InChI is InChI=1S/C10H14N4O/c1-15-6-2-4-12-10-9-8(3-5-11-9)13-7-14-10/h5,7H,2-4,6H2,1H3,(H,12,13,14). The predicted octanol–water partition coefficient (Wildman–Crippen LogP) is 1.18. The van der Waals surface area contributed by atoms with Gasteiger partial charge in [0.15, 0.2) is 5.82 Å². The van der Waals surface area contributed by atoms with Crippen molar-refractivity contribution in [2.75, 3.05) is 25.6 Å². The topological polar surface area (TPSA) is 59.4 Å². The third-order valence-corrected chi connectivity index (χ3v) is 2.22. The van der Waals surface area contributed by atoms with Gasteiger partial charge in [0, 0.05) is 32.9 Å². The van der Waals surface area contributed by atoms with Crippen LogP contribution in [0.5, 0.6) is 0 Å². The van der Waals surface area contributed by atoms with Gasteiger partial charge in [-0.3, -0.25) is 4.99 Å². The van der Waals surface area contributed by atoms with E-state index >= 15 is 0 Å². The van der Waals surface area contributed by atoms with E-state index in [1.54, 1.807) is 13.4 Å². The van der Waals surface area contributed by atoms with Gasteiger partial charge in [0.05, 0.1) is 5.69 Å². The Morgan fingerprint density at radius 3 is 3.27 bits per heavy atom. The molecule has 0 amide bonds. The molecule has 0 spiro atoms. The lowest BCUT2D eigenvalue weighted by Crippen LogP contribution is -2.06. The molecule has 5 heteroatoms. The fraction of sp³-hybridized carbons (Fsp3) is 0.500. The quantitative estimate of drug-likeness (QED) is 0.735. The minimum absolute atomic E-state index is 0.754. The summed E-state index contributed by atoms with van der Waals surface area (Å²) in [6.45, 7) is 1.59. The molecular formula is C10H14N4O. The zero-order chi connectivity index (χ0) is 10.5. The van der Waals surface area contributed by atoms with Crippen LogP contribution in [0, 0.1) is 0 Å². The van der Waals surface area contributed by atoms with E-state index < -0.39 is 0 Å². The van der Waals surface area contributed by atoms with E-state index in [1.807, 2.05) is 6.21 Å². The van der Waals surface area contributed by atoms with Crippen LogP contribution in [-0.4, -0.2) is 36.4 Å². The smallest absolute Gasteiger partial charge is 0.155 e. The summed E-state index contributed by atoms with van der Waals surface area (Å²) in [5.74, 6) is 0.824. The van der Waals surface area contributed by atoms with Gasteiger partial charge in [-0.25, -0.2) is 9.97 Å². The Labute approximate surface area is 88.6 Å². The van der Waals surface area contributed by atoms with E-state index in [1.165, 1.54) is 0 Å². The van der Waals surface area contributed by atoms with Crippen molar-refractivity contribution in [1.82, 2.24) is 9.97 Å². The number of fused-ring (bicyclic) bond motifs is 1. The van der Waals surface area contributed by atoms with Crippen LogP contribution in [0.15, 0.2) is 11.3 Å². The van der Waals surface area contributed by atoms with Crippen LogP contribution < -0.4 is 5.32 Å². The molecule has 1 aliphatic rings. The van der Waals surface area contributed by atoms with Crippen molar-refractivity contribution in [2.45, 2.75) is 12.8 Å². The zero-order valence-corrected chi connectivity index (χ0v) is 8.73. The highest BCUT2D eigenvalue weighted by molar-refractivity contribution is 5.80. The molecule has 1 aromatic heterocycles. The van der Waals surface area contributed by atoms with Gasteiger partial charge in [0.2, 0.25) is 0 Å². The van der Waals surface area contributed by atoms with E-state index in [2.05, 4.69) is 20.3 Å². The van der Waals surface area contributed by atoms with E-state index in [0.717, 1.165) is 43.2 Å².